The van der Waals surface area contributed by atoms with Crippen LogP contribution in [0.2, 0.25) is 0 Å². The zero-order valence-electron chi connectivity index (χ0n) is 16.5. The second kappa shape index (κ2) is 7.85. The van der Waals surface area contributed by atoms with Gasteiger partial charge in [-0.15, -0.1) is 0 Å². The van der Waals surface area contributed by atoms with Gasteiger partial charge in [0.05, 0.1) is 30.0 Å². The molecule has 1 unspecified atom stereocenters. The van der Waals surface area contributed by atoms with E-state index in [-0.39, 0.29) is 17.0 Å². The van der Waals surface area contributed by atoms with Crippen LogP contribution in [0.1, 0.15) is 35.2 Å². The van der Waals surface area contributed by atoms with E-state index in [4.69, 9.17) is 14.4 Å². The first-order valence-electron chi connectivity index (χ1n) is 8.76. The lowest BCUT2D eigenvalue weighted by molar-refractivity contribution is -0.140. The number of nitrogens with zero attached hydrogens (tertiary/aromatic N) is 2. The minimum absolute atomic E-state index is 0.117. The van der Waals surface area contributed by atoms with Gasteiger partial charge < -0.3 is 14.4 Å². The van der Waals surface area contributed by atoms with Crippen LogP contribution in [-0.2, 0) is 20.5 Å². The first kappa shape index (κ1) is 21.4. The summed E-state index contributed by atoms with van der Waals surface area (Å²) in [6.07, 6.45) is -4.82. The van der Waals surface area contributed by atoms with Crippen molar-refractivity contribution in [2.75, 3.05) is 19.3 Å². The molecule has 2 aromatic rings. The fourth-order valence-corrected chi connectivity index (χ4v) is 3.17. The van der Waals surface area contributed by atoms with Crippen LogP contribution in [0, 0.1) is 12.7 Å². The molecule has 2 aliphatic rings. The van der Waals surface area contributed by atoms with Crippen molar-refractivity contribution in [3.05, 3.63) is 58.4 Å². The number of ether oxygens (including phenoxy) is 1. The number of halogens is 4. The number of hydroxylamine groups is 1. The summed E-state index contributed by atoms with van der Waals surface area (Å²) in [6, 6.07) is 5.43. The summed E-state index contributed by atoms with van der Waals surface area (Å²) in [4.78, 5) is 22.6. The van der Waals surface area contributed by atoms with Crippen LogP contribution in [0.15, 0.2) is 35.5 Å². The number of aryl methyl sites for hydroxylation is 1. The maximum absolute atomic E-state index is 13.6. The molecule has 0 saturated heterocycles. The van der Waals surface area contributed by atoms with Gasteiger partial charge in [0.1, 0.15) is 12.9 Å². The Morgan fingerprint density at radius 3 is 2.47 bits per heavy atom. The largest absolute Gasteiger partial charge is 0.464 e. The Morgan fingerprint density at radius 1 is 1.20 bits per heavy atom. The first-order chi connectivity index (χ1) is 14.1. The normalized spacial score (nSPS) is 14.4. The van der Waals surface area contributed by atoms with Gasteiger partial charge in [0.15, 0.2) is 11.5 Å². The van der Waals surface area contributed by atoms with E-state index in [0.717, 1.165) is 12.1 Å². The topological polar surface area (TPSA) is 60.4 Å². The van der Waals surface area contributed by atoms with Crippen molar-refractivity contribution in [3.8, 4) is 5.75 Å². The van der Waals surface area contributed by atoms with E-state index in [1.54, 1.807) is 26.0 Å². The molecule has 0 radical (unpaired) electrons. The Labute approximate surface area is 169 Å². The molecule has 4 rings (SSSR count). The number of anilines is 1. The molecule has 0 fully saturated rings. The van der Waals surface area contributed by atoms with Crippen LogP contribution in [0.25, 0.3) is 0 Å². The van der Waals surface area contributed by atoms with Crippen molar-refractivity contribution in [3.63, 3.8) is 0 Å². The standard InChI is InChI=1S/C20H18F4N2O4/c1-10-7-13-9-14(17(25-29-4)19(27)28-3)18(10)30-26(13)11(2)12-5-6-16(21)15(8-12)20(22,23)24/h5-9,11H,1-4H3. The summed E-state index contributed by atoms with van der Waals surface area (Å²) in [6.45, 7) is 3.36. The van der Waals surface area contributed by atoms with Crippen LogP contribution in [0.3, 0.4) is 0 Å². The van der Waals surface area contributed by atoms with Crippen molar-refractivity contribution >= 4 is 17.4 Å². The molecule has 160 valence electrons. The van der Waals surface area contributed by atoms with Gasteiger partial charge in [-0.2, -0.15) is 13.2 Å². The molecule has 1 atom stereocenters. The van der Waals surface area contributed by atoms with Crippen LogP contribution in [0.4, 0.5) is 23.2 Å². The lowest BCUT2D eigenvalue weighted by Crippen LogP contribution is -2.36. The highest BCUT2D eigenvalue weighted by Crippen LogP contribution is 2.42. The number of carbonyl (C=O) groups excluding carboxylic acids is 1. The predicted molar refractivity (Wildman–Crippen MR) is 99.7 cm³/mol. The van der Waals surface area contributed by atoms with Gasteiger partial charge in [0.25, 0.3) is 0 Å². The molecule has 0 N–H and O–H groups in total. The Kier molecular flexibility index (Phi) is 5.60. The van der Waals surface area contributed by atoms with E-state index in [1.165, 1.54) is 25.3 Å². The van der Waals surface area contributed by atoms with Crippen LogP contribution < -0.4 is 9.90 Å². The number of benzene rings is 2. The summed E-state index contributed by atoms with van der Waals surface area (Å²) >= 11 is 0. The summed E-state index contributed by atoms with van der Waals surface area (Å²) in [7, 11) is 2.46. The second-order valence-corrected chi connectivity index (χ2v) is 6.58. The smallest absolute Gasteiger partial charge is 0.419 e. The summed E-state index contributed by atoms with van der Waals surface area (Å²) in [5.41, 5.74) is 0.189. The van der Waals surface area contributed by atoms with Gasteiger partial charge in [-0.3, -0.25) is 0 Å². The molecule has 0 aliphatic carbocycles. The summed E-state index contributed by atoms with van der Waals surface area (Å²) in [5, 5.41) is 5.07. The zero-order chi connectivity index (χ0) is 22.2. The minimum atomic E-state index is -4.82. The Balaban J connectivity index is 2.01. The summed E-state index contributed by atoms with van der Waals surface area (Å²) in [5.74, 6) is -1.82. The maximum Gasteiger partial charge on any atom is 0.419 e. The highest BCUT2D eigenvalue weighted by Gasteiger charge is 2.36. The average molecular weight is 426 g/mol. The fourth-order valence-electron chi connectivity index (χ4n) is 3.17. The second-order valence-electron chi connectivity index (χ2n) is 6.58. The van der Waals surface area contributed by atoms with Crippen LogP contribution in [0.5, 0.6) is 5.75 Å². The molecule has 2 bridgehead atoms. The van der Waals surface area contributed by atoms with Gasteiger partial charge in [-0.05, 0) is 49.2 Å². The number of hydrogen-bond donors (Lipinski definition) is 0. The molecule has 0 aromatic heterocycles. The van der Waals surface area contributed by atoms with E-state index >= 15 is 0 Å². The highest BCUT2D eigenvalue weighted by molar-refractivity contribution is 6.44. The third-order valence-corrected chi connectivity index (χ3v) is 4.65. The van der Waals surface area contributed by atoms with Crippen molar-refractivity contribution in [2.45, 2.75) is 26.1 Å². The van der Waals surface area contributed by atoms with Gasteiger partial charge in [-0.25, -0.2) is 14.2 Å². The summed E-state index contributed by atoms with van der Waals surface area (Å²) < 4.78 is 57.6. The lowest BCUT2D eigenvalue weighted by Gasteiger charge is -2.37. The van der Waals surface area contributed by atoms with Crippen molar-refractivity contribution in [1.29, 1.82) is 0 Å². The minimum Gasteiger partial charge on any atom is -0.464 e. The molecule has 0 saturated carbocycles. The van der Waals surface area contributed by atoms with Crippen molar-refractivity contribution in [2.24, 2.45) is 5.16 Å². The number of alkyl halides is 3. The Hall–Kier alpha value is -3.30. The average Bonchev–Trinajstić information content (AvgIpc) is 2.70. The van der Waals surface area contributed by atoms with Gasteiger partial charge in [-0.1, -0.05) is 11.2 Å². The molecule has 0 spiro atoms. The van der Waals surface area contributed by atoms with Gasteiger partial charge >= 0.3 is 12.1 Å². The van der Waals surface area contributed by atoms with E-state index in [9.17, 15) is 22.4 Å². The quantitative estimate of drug-likeness (QED) is 0.304. The molecule has 6 nitrogen and oxygen atoms in total. The van der Waals surface area contributed by atoms with Gasteiger partial charge in [0, 0.05) is 0 Å². The molecule has 2 aliphatic heterocycles. The Bertz CT molecular complexity index is 1020. The SMILES string of the molecule is CON=C(C(=O)OC)c1cc2cc(C)c1ON2C(C)c1ccc(F)c(C(F)(F)F)c1. The van der Waals surface area contributed by atoms with Crippen LogP contribution in [-0.4, -0.2) is 25.9 Å². The number of rotatable bonds is 5. The molecule has 10 heteroatoms. The number of oxime groups is 1. The molecule has 2 heterocycles. The van der Waals surface area contributed by atoms with Crippen LogP contribution >= 0.6 is 0 Å². The highest BCUT2D eigenvalue weighted by atomic mass is 19.4. The fraction of sp³-hybridized carbons (Fsp3) is 0.300. The van der Waals surface area contributed by atoms with E-state index in [2.05, 4.69) is 5.16 Å². The van der Waals surface area contributed by atoms with E-state index in [0.29, 0.717) is 16.8 Å². The number of esters is 1. The molecular weight excluding hydrogens is 408 g/mol. The number of carbonyl (C=O) groups is 1. The monoisotopic (exact) mass is 426 g/mol. The molecule has 30 heavy (non-hydrogen) atoms. The molecule has 0 amide bonds. The zero-order valence-corrected chi connectivity index (χ0v) is 16.5. The lowest BCUT2D eigenvalue weighted by atomic mass is 9.99. The number of hydrogen-bond acceptors (Lipinski definition) is 6. The number of fused-ring (bicyclic) bond motifs is 3. The third-order valence-electron chi connectivity index (χ3n) is 4.65. The third kappa shape index (κ3) is 3.77. The van der Waals surface area contributed by atoms with Crippen molar-refractivity contribution in [1.82, 2.24) is 0 Å². The maximum atomic E-state index is 13.6. The van der Waals surface area contributed by atoms with E-state index in [1.807, 2.05) is 0 Å². The van der Waals surface area contributed by atoms with Gasteiger partial charge in [0.2, 0.25) is 0 Å². The van der Waals surface area contributed by atoms with Crippen molar-refractivity contribution < 1.29 is 36.8 Å². The molecular formula is C20H18F4N2O4. The first-order valence-corrected chi connectivity index (χ1v) is 8.76. The predicted octanol–water partition coefficient (Wildman–Crippen LogP) is 4.55. The molecule has 2 aromatic carbocycles. The van der Waals surface area contributed by atoms with E-state index < -0.39 is 29.6 Å². The number of methoxy groups -OCH3 is 1. The Morgan fingerprint density at radius 2 is 1.90 bits per heavy atom.